The monoisotopic (exact) mass is 430 g/mol. The molecule has 3 heterocycles. The zero-order valence-corrected chi connectivity index (χ0v) is 18.4. The standard InChI is InChI=1S/C26H30N4O2/c31-24(22-10-8-21(9-11-22)20-5-2-1-3-6-20)19-28-15-17-30(18-16-28)26(32)23-7-4-13-29-14-12-27-25(23)29/h4,7-14,20H,1-3,5-6,15-19H2. The van der Waals surface area contributed by atoms with Gasteiger partial charge in [0.25, 0.3) is 5.91 Å². The lowest BCUT2D eigenvalue weighted by atomic mass is 9.84. The zero-order chi connectivity index (χ0) is 21.9. The highest BCUT2D eigenvalue weighted by atomic mass is 16.2. The van der Waals surface area contributed by atoms with E-state index in [9.17, 15) is 9.59 Å². The van der Waals surface area contributed by atoms with Crippen LogP contribution in [0.4, 0.5) is 0 Å². The summed E-state index contributed by atoms with van der Waals surface area (Å²) in [5.41, 5.74) is 3.47. The van der Waals surface area contributed by atoms with Crippen molar-refractivity contribution >= 4 is 17.3 Å². The number of fused-ring (bicyclic) bond motifs is 1. The molecule has 1 saturated carbocycles. The first-order valence-electron chi connectivity index (χ1n) is 11.8. The van der Waals surface area contributed by atoms with E-state index in [1.54, 1.807) is 6.20 Å². The van der Waals surface area contributed by atoms with E-state index in [-0.39, 0.29) is 11.7 Å². The van der Waals surface area contributed by atoms with Crippen LogP contribution in [0.25, 0.3) is 5.65 Å². The smallest absolute Gasteiger partial charge is 0.257 e. The average molecular weight is 431 g/mol. The van der Waals surface area contributed by atoms with Crippen molar-refractivity contribution < 1.29 is 9.59 Å². The predicted octanol–water partition coefficient (Wildman–Crippen LogP) is 4.02. The molecule has 2 fully saturated rings. The van der Waals surface area contributed by atoms with Crippen LogP contribution in [-0.2, 0) is 0 Å². The first-order valence-corrected chi connectivity index (χ1v) is 11.8. The Morgan fingerprint density at radius 2 is 1.66 bits per heavy atom. The van der Waals surface area contributed by atoms with Crippen LogP contribution >= 0.6 is 0 Å². The molecule has 0 unspecified atom stereocenters. The zero-order valence-electron chi connectivity index (χ0n) is 18.4. The molecule has 0 radical (unpaired) electrons. The fraction of sp³-hybridized carbons (Fsp3) is 0.423. The van der Waals surface area contributed by atoms with Crippen LogP contribution in [0.3, 0.4) is 0 Å². The number of Topliss-reactive ketones (excluding diaryl/α,β-unsaturated/α-hetero) is 1. The topological polar surface area (TPSA) is 57.9 Å². The second kappa shape index (κ2) is 9.25. The molecular formula is C26H30N4O2. The molecule has 1 amide bonds. The van der Waals surface area contributed by atoms with Gasteiger partial charge in [-0.1, -0.05) is 43.5 Å². The van der Waals surface area contributed by atoms with E-state index < -0.39 is 0 Å². The Hall–Kier alpha value is -2.99. The quantitative estimate of drug-likeness (QED) is 0.574. The Labute approximate surface area is 188 Å². The summed E-state index contributed by atoms with van der Waals surface area (Å²) in [6, 6.07) is 12.0. The summed E-state index contributed by atoms with van der Waals surface area (Å²) in [5.74, 6) is 0.819. The second-order valence-electron chi connectivity index (χ2n) is 9.03. The van der Waals surface area contributed by atoms with Gasteiger partial charge in [-0.2, -0.15) is 0 Å². The van der Waals surface area contributed by atoms with E-state index in [1.807, 2.05) is 46.0 Å². The van der Waals surface area contributed by atoms with Crippen molar-refractivity contribution in [1.82, 2.24) is 19.2 Å². The molecule has 32 heavy (non-hydrogen) atoms. The summed E-state index contributed by atoms with van der Waals surface area (Å²) < 4.78 is 1.86. The van der Waals surface area contributed by atoms with Gasteiger partial charge in [-0.05, 0) is 36.5 Å². The number of piperazine rings is 1. The fourth-order valence-corrected chi connectivity index (χ4v) is 5.07. The largest absolute Gasteiger partial charge is 0.336 e. The number of pyridine rings is 1. The van der Waals surface area contributed by atoms with Gasteiger partial charge in [0, 0.05) is 50.3 Å². The molecule has 0 atom stereocenters. The second-order valence-corrected chi connectivity index (χ2v) is 9.03. The molecule has 6 heteroatoms. The molecule has 2 aromatic heterocycles. The third-order valence-electron chi connectivity index (χ3n) is 6.99. The number of hydrogen-bond acceptors (Lipinski definition) is 4. The van der Waals surface area contributed by atoms with Crippen molar-refractivity contribution in [3.05, 3.63) is 71.7 Å². The minimum atomic E-state index is 0.00563. The van der Waals surface area contributed by atoms with E-state index in [0.29, 0.717) is 49.9 Å². The summed E-state index contributed by atoms with van der Waals surface area (Å²) in [4.78, 5) is 34.2. The molecular weight excluding hydrogens is 400 g/mol. The lowest BCUT2D eigenvalue weighted by Crippen LogP contribution is -2.50. The molecule has 0 N–H and O–H groups in total. The number of rotatable bonds is 5. The van der Waals surface area contributed by atoms with Gasteiger partial charge >= 0.3 is 0 Å². The number of hydrogen-bond donors (Lipinski definition) is 0. The van der Waals surface area contributed by atoms with Crippen molar-refractivity contribution in [2.24, 2.45) is 0 Å². The van der Waals surface area contributed by atoms with Crippen LogP contribution in [-0.4, -0.2) is 63.6 Å². The maximum absolute atomic E-state index is 13.0. The van der Waals surface area contributed by atoms with Crippen molar-refractivity contribution in [2.75, 3.05) is 32.7 Å². The Morgan fingerprint density at radius 3 is 2.41 bits per heavy atom. The molecule has 5 rings (SSSR count). The summed E-state index contributed by atoms with van der Waals surface area (Å²) in [6.07, 6.45) is 12.0. The summed E-state index contributed by atoms with van der Waals surface area (Å²) in [6.45, 7) is 3.05. The molecule has 1 saturated heterocycles. The van der Waals surface area contributed by atoms with E-state index >= 15 is 0 Å². The van der Waals surface area contributed by atoms with E-state index in [4.69, 9.17) is 0 Å². The lowest BCUT2D eigenvalue weighted by molar-refractivity contribution is 0.0625. The Morgan fingerprint density at radius 1 is 0.906 bits per heavy atom. The Balaban J connectivity index is 1.16. The molecule has 1 aliphatic carbocycles. The van der Waals surface area contributed by atoms with Crippen LogP contribution in [0.2, 0.25) is 0 Å². The first kappa shape index (κ1) is 20.9. The number of benzene rings is 1. The SMILES string of the molecule is O=C(CN1CCN(C(=O)c2cccn3ccnc23)CC1)c1ccc(C2CCCCC2)cc1. The number of amides is 1. The van der Waals surface area contributed by atoms with E-state index in [0.717, 1.165) is 5.56 Å². The van der Waals surface area contributed by atoms with Crippen LogP contribution in [0.5, 0.6) is 0 Å². The molecule has 0 spiro atoms. The number of carbonyl (C=O) groups is 2. The van der Waals surface area contributed by atoms with Gasteiger partial charge in [-0.25, -0.2) is 4.98 Å². The Kier molecular flexibility index (Phi) is 6.04. The van der Waals surface area contributed by atoms with E-state index in [2.05, 4.69) is 22.0 Å². The Bertz CT molecular complexity index is 1090. The molecule has 0 bridgehead atoms. The number of aromatic nitrogens is 2. The van der Waals surface area contributed by atoms with Gasteiger partial charge in [0.05, 0.1) is 12.1 Å². The van der Waals surface area contributed by atoms with Gasteiger partial charge in [-0.15, -0.1) is 0 Å². The highest BCUT2D eigenvalue weighted by Crippen LogP contribution is 2.32. The van der Waals surface area contributed by atoms with Crippen LogP contribution in [0.15, 0.2) is 55.0 Å². The van der Waals surface area contributed by atoms with Crippen LogP contribution in [0, 0.1) is 0 Å². The third kappa shape index (κ3) is 4.32. The first-order chi connectivity index (χ1) is 15.7. The number of carbonyl (C=O) groups excluding carboxylic acids is 2. The summed E-state index contributed by atoms with van der Waals surface area (Å²) >= 11 is 0. The summed E-state index contributed by atoms with van der Waals surface area (Å²) in [7, 11) is 0. The minimum absolute atomic E-state index is 0.00563. The normalized spacial score (nSPS) is 18.2. The van der Waals surface area contributed by atoms with Crippen molar-refractivity contribution in [3.8, 4) is 0 Å². The predicted molar refractivity (Wildman–Crippen MR) is 124 cm³/mol. The number of ketones is 1. The fourth-order valence-electron chi connectivity index (χ4n) is 5.07. The van der Waals surface area contributed by atoms with Crippen molar-refractivity contribution in [1.29, 1.82) is 0 Å². The van der Waals surface area contributed by atoms with Gasteiger partial charge < -0.3 is 9.30 Å². The molecule has 1 aromatic carbocycles. The van der Waals surface area contributed by atoms with Gasteiger partial charge in [0.15, 0.2) is 5.78 Å². The molecule has 1 aliphatic heterocycles. The van der Waals surface area contributed by atoms with Gasteiger partial charge in [-0.3, -0.25) is 14.5 Å². The highest BCUT2D eigenvalue weighted by Gasteiger charge is 2.25. The highest BCUT2D eigenvalue weighted by molar-refractivity contribution is 6.00. The number of nitrogens with zero attached hydrogens (tertiary/aromatic N) is 4. The minimum Gasteiger partial charge on any atom is -0.336 e. The van der Waals surface area contributed by atoms with Crippen LogP contribution < -0.4 is 0 Å². The molecule has 3 aromatic rings. The maximum Gasteiger partial charge on any atom is 0.257 e. The van der Waals surface area contributed by atoms with Crippen molar-refractivity contribution in [2.45, 2.75) is 38.0 Å². The van der Waals surface area contributed by atoms with Crippen LogP contribution in [0.1, 0.15) is 64.3 Å². The molecule has 6 nitrogen and oxygen atoms in total. The number of imidazole rings is 1. The molecule has 166 valence electrons. The third-order valence-corrected chi connectivity index (χ3v) is 6.99. The van der Waals surface area contributed by atoms with Crippen molar-refractivity contribution in [3.63, 3.8) is 0 Å². The lowest BCUT2D eigenvalue weighted by Gasteiger charge is -2.34. The summed E-state index contributed by atoms with van der Waals surface area (Å²) in [5, 5.41) is 0. The molecule has 2 aliphatic rings. The van der Waals surface area contributed by atoms with Gasteiger partial charge in [0.2, 0.25) is 0 Å². The average Bonchev–Trinajstić information content (AvgIpc) is 3.34. The maximum atomic E-state index is 13.0. The van der Waals surface area contributed by atoms with E-state index in [1.165, 1.54) is 37.7 Å². The van der Waals surface area contributed by atoms with Gasteiger partial charge in [0.1, 0.15) is 5.65 Å².